The van der Waals surface area contributed by atoms with E-state index < -0.39 is 34.4 Å². The summed E-state index contributed by atoms with van der Waals surface area (Å²) in [6, 6.07) is 13.2. The van der Waals surface area contributed by atoms with Crippen molar-refractivity contribution in [3.05, 3.63) is 54.1 Å². The molecule has 3 unspecified atom stereocenters. The van der Waals surface area contributed by atoms with Gasteiger partial charge in [-0.05, 0) is 42.5 Å². The summed E-state index contributed by atoms with van der Waals surface area (Å²) in [5, 5.41) is 14.6. The molecular formula is C28H36N4O7S2. The lowest BCUT2D eigenvalue weighted by atomic mass is 10.0. The smallest absolute Gasteiger partial charge is 0.407 e. The minimum absolute atomic E-state index is 0.0193. The number of anilines is 1. The minimum Gasteiger partial charge on any atom is -0.443 e. The molecule has 0 spiro atoms. The van der Waals surface area contributed by atoms with Gasteiger partial charge >= 0.3 is 6.09 Å². The van der Waals surface area contributed by atoms with Crippen LogP contribution in [0.4, 0.5) is 9.93 Å². The zero-order valence-corrected chi connectivity index (χ0v) is 24.6. The molecule has 5 rings (SSSR count). The van der Waals surface area contributed by atoms with Crippen LogP contribution in [0.2, 0.25) is 0 Å². The van der Waals surface area contributed by atoms with E-state index in [2.05, 4.69) is 10.3 Å². The Morgan fingerprint density at radius 2 is 2.00 bits per heavy atom. The number of nitrogen functional groups attached to an aromatic ring is 1. The number of aliphatic hydroxyl groups is 1. The van der Waals surface area contributed by atoms with Crippen molar-refractivity contribution in [2.45, 2.75) is 56.1 Å². The molecule has 41 heavy (non-hydrogen) atoms. The van der Waals surface area contributed by atoms with E-state index in [-0.39, 0.29) is 49.1 Å². The highest BCUT2D eigenvalue weighted by Gasteiger charge is 2.44. The molecule has 11 nitrogen and oxygen atoms in total. The maximum Gasteiger partial charge on any atom is 0.407 e. The molecule has 0 saturated carbocycles. The predicted octanol–water partition coefficient (Wildman–Crippen LogP) is 2.99. The molecule has 3 aromatic rings. The van der Waals surface area contributed by atoms with Crippen LogP contribution < -0.4 is 11.1 Å². The molecule has 1 amide bonds. The largest absolute Gasteiger partial charge is 0.443 e. The molecule has 13 heteroatoms. The molecule has 0 bridgehead atoms. The molecule has 3 heterocycles. The summed E-state index contributed by atoms with van der Waals surface area (Å²) in [5.41, 5.74) is 7.30. The summed E-state index contributed by atoms with van der Waals surface area (Å²) in [6.45, 7) is 4.55. The number of aliphatic hydroxyl groups excluding tert-OH is 1. The van der Waals surface area contributed by atoms with Crippen molar-refractivity contribution in [2.75, 3.05) is 32.0 Å². The van der Waals surface area contributed by atoms with Crippen molar-refractivity contribution in [3.63, 3.8) is 0 Å². The Bertz CT molecular complexity index is 1450. The lowest BCUT2D eigenvalue weighted by molar-refractivity contribution is -0.0907. The van der Waals surface area contributed by atoms with Crippen molar-refractivity contribution >= 4 is 42.8 Å². The lowest BCUT2D eigenvalue weighted by Crippen LogP contribution is -2.51. The fourth-order valence-electron chi connectivity index (χ4n) is 5.27. The van der Waals surface area contributed by atoms with E-state index >= 15 is 0 Å². The molecule has 0 radical (unpaired) electrons. The SMILES string of the molecule is CC(C)CN(C[C@@H](O)[C@H](Cc1ccccc1)NC(=O)OC1COC2OCCC12)S(=O)(=O)c1ccc2nc(N)sc2c1. The zero-order valence-electron chi connectivity index (χ0n) is 23.0. The Labute approximate surface area is 243 Å². The van der Waals surface area contributed by atoms with E-state index in [4.69, 9.17) is 19.9 Å². The topological polar surface area (TPSA) is 153 Å². The zero-order chi connectivity index (χ0) is 29.1. The molecule has 2 aliphatic rings. The first kappa shape index (κ1) is 29.7. The molecule has 2 aromatic carbocycles. The Morgan fingerprint density at radius 1 is 1.22 bits per heavy atom. The second-order valence-electron chi connectivity index (χ2n) is 10.9. The average Bonchev–Trinajstić information content (AvgIpc) is 3.64. The molecular weight excluding hydrogens is 568 g/mol. The van der Waals surface area contributed by atoms with Crippen LogP contribution >= 0.6 is 11.3 Å². The fourth-order valence-corrected chi connectivity index (χ4v) is 7.76. The van der Waals surface area contributed by atoms with Crippen LogP contribution in [-0.2, 0) is 30.7 Å². The van der Waals surface area contributed by atoms with Gasteiger partial charge in [-0.1, -0.05) is 55.5 Å². The Morgan fingerprint density at radius 3 is 2.76 bits per heavy atom. The number of nitrogens with zero attached hydrogens (tertiary/aromatic N) is 2. The van der Waals surface area contributed by atoms with Crippen molar-refractivity contribution in [2.24, 2.45) is 11.8 Å². The maximum atomic E-state index is 13.8. The van der Waals surface area contributed by atoms with E-state index in [1.807, 2.05) is 44.2 Å². The first-order valence-electron chi connectivity index (χ1n) is 13.7. The van der Waals surface area contributed by atoms with Gasteiger partial charge in [0.25, 0.3) is 0 Å². The number of fused-ring (bicyclic) bond motifs is 2. The second-order valence-corrected chi connectivity index (χ2v) is 13.9. The van der Waals surface area contributed by atoms with Gasteiger partial charge in [-0.25, -0.2) is 18.2 Å². The number of amides is 1. The van der Waals surface area contributed by atoms with Gasteiger partial charge in [-0.2, -0.15) is 4.31 Å². The Hall–Kier alpha value is -2.81. The maximum absolute atomic E-state index is 13.8. The van der Waals surface area contributed by atoms with Crippen molar-refractivity contribution < 1.29 is 32.5 Å². The molecule has 1 aromatic heterocycles. The van der Waals surface area contributed by atoms with Gasteiger partial charge in [-0.3, -0.25) is 0 Å². The average molecular weight is 605 g/mol. The molecule has 2 saturated heterocycles. The molecule has 5 atom stereocenters. The third-order valence-electron chi connectivity index (χ3n) is 7.28. The number of aromatic nitrogens is 1. The minimum atomic E-state index is -4.00. The monoisotopic (exact) mass is 604 g/mol. The van der Waals surface area contributed by atoms with E-state index in [0.717, 1.165) is 12.0 Å². The van der Waals surface area contributed by atoms with Crippen LogP contribution in [0, 0.1) is 11.8 Å². The number of nitrogens with two attached hydrogens (primary N) is 1. The summed E-state index contributed by atoms with van der Waals surface area (Å²) in [4.78, 5) is 17.3. The molecule has 0 aliphatic carbocycles. The number of carbonyl (C=O) groups is 1. The fraction of sp³-hybridized carbons (Fsp3) is 0.500. The van der Waals surface area contributed by atoms with Crippen LogP contribution in [-0.4, -0.2) is 79.7 Å². The highest BCUT2D eigenvalue weighted by Crippen LogP contribution is 2.33. The van der Waals surface area contributed by atoms with E-state index in [9.17, 15) is 18.3 Å². The summed E-state index contributed by atoms with van der Waals surface area (Å²) < 4.78 is 46.3. The number of hydrogen-bond donors (Lipinski definition) is 3. The standard InChI is InChI=1S/C28H36N4O7S2/c1-17(2)14-32(41(35,36)19-8-9-21-25(13-19)40-27(29)30-21)15-23(33)22(12-18-6-4-3-5-7-18)31-28(34)39-24-16-38-26-20(24)10-11-37-26/h3-9,13,17,20,22-24,26,33H,10-12,14-16H2,1-2H3,(H2,29,30)(H,31,34)/t20?,22-,23+,24?,26?/m0/s1. The Balaban J connectivity index is 1.35. The first-order chi connectivity index (χ1) is 19.6. The van der Waals surface area contributed by atoms with Crippen molar-refractivity contribution in [1.29, 1.82) is 0 Å². The summed E-state index contributed by atoms with van der Waals surface area (Å²) >= 11 is 1.21. The number of carbonyl (C=O) groups excluding carboxylic acids is 1. The number of ether oxygens (including phenoxy) is 3. The summed E-state index contributed by atoms with van der Waals surface area (Å²) in [5.74, 6) is -0.0506. The predicted molar refractivity (Wildman–Crippen MR) is 155 cm³/mol. The quantitative estimate of drug-likeness (QED) is 0.300. The number of alkyl carbamates (subject to hydrolysis) is 1. The van der Waals surface area contributed by atoms with Crippen LogP contribution in [0.1, 0.15) is 25.8 Å². The number of thiazole rings is 1. The number of hydrogen-bond acceptors (Lipinski definition) is 10. The van der Waals surface area contributed by atoms with Crippen LogP contribution in [0.5, 0.6) is 0 Å². The number of nitrogens with one attached hydrogen (secondary N) is 1. The van der Waals surface area contributed by atoms with E-state index in [1.54, 1.807) is 12.1 Å². The molecule has 2 aliphatic heterocycles. The van der Waals surface area contributed by atoms with Gasteiger partial charge < -0.3 is 30.4 Å². The number of sulfonamides is 1. The van der Waals surface area contributed by atoms with Gasteiger partial charge in [0.2, 0.25) is 10.0 Å². The van der Waals surface area contributed by atoms with Crippen molar-refractivity contribution in [3.8, 4) is 0 Å². The van der Waals surface area contributed by atoms with E-state index in [1.165, 1.54) is 21.7 Å². The van der Waals surface area contributed by atoms with Gasteiger partial charge in [-0.15, -0.1) is 0 Å². The number of rotatable bonds is 11. The number of benzene rings is 2. The highest BCUT2D eigenvalue weighted by atomic mass is 32.2. The van der Waals surface area contributed by atoms with E-state index in [0.29, 0.717) is 22.0 Å². The normalized spacial score (nSPS) is 22.2. The second kappa shape index (κ2) is 12.6. The van der Waals surface area contributed by atoms with Crippen LogP contribution in [0.25, 0.3) is 10.2 Å². The lowest BCUT2D eigenvalue weighted by Gasteiger charge is -2.31. The first-order valence-corrected chi connectivity index (χ1v) is 15.9. The third-order valence-corrected chi connectivity index (χ3v) is 9.96. The Kier molecular flexibility index (Phi) is 9.12. The highest BCUT2D eigenvalue weighted by molar-refractivity contribution is 7.89. The van der Waals surface area contributed by atoms with Crippen LogP contribution in [0.3, 0.4) is 0 Å². The van der Waals surface area contributed by atoms with Crippen LogP contribution in [0.15, 0.2) is 53.4 Å². The molecule has 2 fully saturated rings. The third kappa shape index (κ3) is 6.99. The van der Waals surface area contributed by atoms with Gasteiger partial charge in [0.15, 0.2) is 11.4 Å². The van der Waals surface area contributed by atoms with Gasteiger partial charge in [0.1, 0.15) is 6.10 Å². The molecule has 4 N–H and O–H groups in total. The van der Waals surface area contributed by atoms with Gasteiger partial charge in [0.05, 0.1) is 46.4 Å². The molecule has 222 valence electrons. The van der Waals surface area contributed by atoms with Crippen molar-refractivity contribution in [1.82, 2.24) is 14.6 Å². The summed E-state index contributed by atoms with van der Waals surface area (Å²) in [6.07, 6.45) is -1.74. The van der Waals surface area contributed by atoms with Gasteiger partial charge in [0, 0.05) is 13.1 Å². The summed E-state index contributed by atoms with van der Waals surface area (Å²) in [7, 11) is -4.00.